The smallest absolute Gasteiger partial charge is 0.128 e. The Hall–Kier alpha value is -2.34. The molecule has 0 radical (unpaired) electrons. The van der Waals surface area contributed by atoms with Crippen LogP contribution in [0.2, 0.25) is 0 Å². The summed E-state index contributed by atoms with van der Waals surface area (Å²) in [6.45, 7) is 9.62. The van der Waals surface area contributed by atoms with Gasteiger partial charge < -0.3 is 19.9 Å². The molecule has 2 aromatic rings. The number of ether oxygens (including phenoxy) is 1. The Balaban J connectivity index is 1.49. The molecule has 3 heterocycles. The molecule has 2 aliphatic rings. The van der Waals surface area contributed by atoms with Crippen LogP contribution >= 0.6 is 0 Å². The third kappa shape index (κ3) is 4.81. The molecule has 1 N–H and O–H groups in total. The molecule has 0 spiro atoms. The van der Waals surface area contributed by atoms with Crippen LogP contribution in [0.4, 0.5) is 21.6 Å². The van der Waals surface area contributed by atoms with Gasteiger partial charge in [0, 0.05) is 55.9 Å². The van der Waals surface area contributed by atoms with E-state index in [1.165, 1.54) is 17.3 Å². The van der Waals surface area contributed by atoms with Crippen LogP contribution in [0, 0.1) is 5.82 Å². The maximum atomic E-state index is 13.6. The Morgan fingerprint density at radius 1 is 1.14 bits per heavy atom. The average molecular weight is 399 g/mol. The lowest BCUT2D eigenvalue weighted by atomic mass is 10.0. The molecule has 0 unspecified atom stereocenters. The fraction of sp³-hybridized carbons (Fsp3) is 0.522. The van der Waals surface area contributed by atoms with Gasteiger partial charge in [0.15, 0.2) is 0 Å². The van der Waals surface area contributed by atoms with Crippen LogP contribution in [0.5, 0.6) is 0 Å². The highest BCUT2D eigenvalue weighted by atomic mass is 19.1. The maximum absolute atomic E-state index is 13.6. The van der Waals surface area contributed by atoms with Crippen LogP contribution in [0.1, 0.15) is 38.2 Å². The molecular weight excluding hydrogens is 367 g/mol. The second-order valence-electron chi connectivity index (χ2n) is 8.29. The first-order valence-corrected chi connectivity index (χ1v) is 10.7. The second-order valence-corrected chi connectivity index (χ2v) is 8.29. The van der Waals surface area contributed by atoms with E-state index in [1.807, 2.05) is 12.3 Å². The number of morpholine rings is 1. The number of aromatic nitrogens is 1. The van der Waals surface area contributed by atoms with E-state index in [2.05, 4.69) is 35.0 Å². The van der Waals surface area contributed by atoms with Gasteiger partial charge in [0.25, 0.3) is 0 Å². The number of nitrogens with one attached hydrogen (secondary N) is 1. The van der Waals surface area contributed by atoms with Crippen LogP contribution in [-0.4, -0.2) is 50.4 Å². The third-order valence-electron chi connectivity index (χ3n) is 5.83. The molecule has 0 aliphatic carbocycles. The van der Waals surface area contributed by atoms with E-state index >= 15 is 0 Å². The molecule has 0 bridgehead atoms. The maximum Gasteiger partial charge on any atom is 0.128 e. The van der Waals surface area contributed by atoms with Gasteiger partial charge >= 0.3 is 0 Å². The molecule has 0 amide bonds. The van der Waals surface area contributed by atoms with E-state index < -0.39 is 0 Å². The summed E-state index contributed by atoms with van der Waals surface area (Å²) in [7, 11) is 0. The zero-order chi connectivity index (χ0) is 20.2. The van der Waals surface area contributed by atoms with Crippen molar-refractivity contribution in [1.82, 2.24) is 4.98 Å². The SMILES string of the molecule is CC(C)c1cnc(N[C@@H]2CCCN(c3cccc(F)c3)C2)cc1N1CCOCC1. The number of pyridine rings is 1. The van der Waals surface area contributed by atoms with Gasteiger partial charge in [-0.25, -0.2) is 9.37 Å². The number of hydrogen-bond acceptors (Lipinski definition) is 5. The third-order valence-corrected chi connectivity index (χ3v) is 5.83. The molecule has 2 aliphatic heterocycles. The minimum Gasteiger partial charge on any atom is -0.378 e. The van der Waals surface area contributed by atoms with Crippen molar-refractivity contribution < 1.29 is 9.13 Å². The number of halogens is 1. The number of anilines is 3. The summed E-state index contributed by atoms with van der Waals surface area (Å²) in [6.07, 6.45) is 4.19. The molecule has 156 valence electrons. The number of rotatable bonds is 5. The molecule has 6 heteroatoms. The van der Waals surface area contributed by atoms with Crippen molar-refractivity contribution in [2.75, 3.05) is 54.5 Å². The van der Waals surface area contributed by atoms with Crippen LogP contribution in [0.25, 0.3) is 0 Å². The number of piperidine rings is 1. The normalized spacial score (nSPS) is 20.2. The van der Waals surface area contributed by atoms with E-state index in [-0.39, 0.29) is 5.82 Å². The van der Waals surface area contributed by atoms with Gasteiger partial charge in [-0.15, -0.1) is 0 Å². The van der Waals surface area contributed by atoms with E-state index in [1.54, 1.807) is 12.1 Å². The molecule has 29 heavy (non-hydrogen) atoms. The number of hydrogen-bond donors (Lipinski definition) is 1. The predicted octanol–water partition coefficient (Wildman–Crippen LogP) is 4.26. The Kier molecular flexibility index (Phi) is 6.19. The van der Waals surface area contributed by atoms with Crippen molar-refractivity contribution in [2.24, 2.45) is 0 Å². The van der Waals surface area contributed by atoms with E-state index in [0.29, 0.717) is 12.0 Å². The molecule has 2 fully saturated rings. The Morgan fingerprint density at radius 3 is 2.72 bits per heavy atom. The van der Waals surface area contributed by atoms with Crippen LogP contribution in [0.15, 0.2) is 36.5 Å². The van der Waals surface area contributed by atoms with E-state index in [9.17, 15) is 4.39 Å². The first-order valence-electron chi connectivity index (χ1n) is 10.7. The zero-order valence-electron chi connectivity index (χ0n) is 17.4. The zero-order valence-corrected chi connectivity index (χ0v) is 17.4. The topological polar surface area (TPSA) is 40.6 Å². The van der Waals surface area contributed by atoms with Crippen molar-refractivity contribution in [3.05, 3.63) is 47.9 Å². The fourth-order valence-electron chi connectivity index (χ4n) is 4.27. The highest BCUT2D eigenvalue weighted by Crippen LogP contribution is 2.30. The highest BCUT2D eigenvalue weighted by molar-refractivity contribution is 5.61. The van der Waals surface area contributed by atoms with E-state index in [4.69, 9.17) is 9.72 Å². The van der Waals surface area contributed by atoms with E-state index in [0.717, 1.165) is 63.7 Å². The average Bonchev–Trinajstić information content (AvgIpc) is 2.74. The summed E-state index contributed by atoms with van der Waals surface area (Å²) in [4.78, 5) is 9.38. The lowest BCUT2D eigenvalue weighted by Gasteiger charge is -2.35. The molecule has 0 saturated carbocycles. The first-order chi connectivity index (χ1) is 14.1. The summed E-state index contributed by atoms with van der Waals surface area (Å²) >= 11 is 0. The van der Waals surface area contributed by atoms with Gasteiger partial charge in [-0.2, -0.15) is 0 Å². The summed E-state index contributed by atoms with van der Waals surface area (Å²) in [6, 6.07) is 9.37. The summed E-state index contributed by atoms with van der Waals surface area (Å²) in [5.41, 5.74) is 3.50. The molecule has 5 nitrogen and oxygen atoms in total. The minimum absolute atomic E-state index is 0.182. The van der Waals surface area contributed by atoms with Crippen molar-refractivity contribution in [3.63, 3.8) is 0 Å². The van der Waals surface area contributed by atoms with Gasteiger partial charge in [-0.3, -0.25) is 0 Å². The van der Waals surface area contributed by atoms with Gasteiger partial charge in [0.05, 0.1) is 13.2 Å². The van der Waals surface area contributed by atoms with Crippen LogP contribution < -0.4 is 15.1 Å². The summed E-state index contributed by atoms with van der Waals surface area (Å²) in [5.74, 6) is 1.16. The minimum atomic E-state index is -0.182. The van der Waals surface area contributed by atoms with Crippen LogP contribution in [0.3, 0.4) is 0 Å². The summed E-state index contributed by atoms with van der Waals surface area (Å²) < 4.78 is 19.2. The monoisotopic (exact) mass is 398 g/mol. The number of nitrogens with zero attached hydrogens (tertiary/aromatic N) is 3. The molecule has 2 saturated heterocycles. The predicted molar refractivity (Wildman–Crippen MR) is 117 cm³/mol. The van der Waals surface area contributed by atoms with Crippen molar-refractivity contribution in [2.45, 2.75) is 38.6 Å². The van der Waals surface area contributed by atoms with Crippen LogP contribution in [-0.2, 0) is 4.74 Å². The molecule has 4 rings (SSSR count). The van der Waals surface area contributed by atoms with Crippen molar-refractivity contribution in [3.8, 4) is 0 Å². The van der Waals surface area contributed by atoms with Gasteiger partial charge in [0.1, 0.15) is 11.6 Å². The van der Waals surface area contributed by atoms with Crippen molar-refractivity contribution in [1.29, 1.82) is 0 Å². The van der Waals surface area contributed by atoms with Gasteiger partial charge in [-0.05, 0) is 42.5 Å². The lowest BCUT2D eigenvalue weighted by molar-refractivity contribution is 0.122. The molecule has 1 atom stereocenters. The Labute approximate surface area is 172 Å². The Bertz CT molecular complexity index is 822. The highest BCUT2D eigenvalue weighted by Gasteiger charge is 2.22. The molecule has 1 aromatic heterocycles. The lowest BCUT2D eigenvalue weighted by Crippen LogP contribution is -2.42. The molecular formula is C23H31FN4O. The number of benzene rings is 1. The standard InChI is InChI=1S/C23H31FN4O/c1-17(2)21-15-25-23(14-22(21)27-9-11-29-12-10-27)26-19-6-4-8-28(16-19)20-7-3-5-18(24)13-20/h3,5,7,13-15,17,19H,4,6,8-12,16H2,1-2H3,(H,25,26)/t19-/m1/s1. The molecule has 1 aromatic carbocycles. The summed E-state index contributed by atoms with van der Waals surface area (Å²) in [5, 5.41) is 3.64. The quantitative estimate of drug-likeness (QED) is 0.815. The first kappa shape index (κ1) is 20.0. The van der Waals surface area contributed by atoms with Gasteiger partial charge in [0.2, 0.25) is 0 Å². The van der Waals surface area contributed by atoms with Crippen molar-refractivity contribution >= 4 is 17.2 Å². The second kappa shape index (κ2) is 8.99. The van der Waals surface area contributed by atoms with Gasteiger partial charge in [-0.1, -0.05) is 19.9 Å². The fourth-order valence-corrected chi connectivity index (χ4v) is 4.27. The largest absolute Gasteiger partial charge is 0.378 e. The Morgan fingerprint density at radius 2 is 1.97 bits per heavy atom.